The number of pyridine rings is 2. The van der Waals surface area contributed by atoms with E-state index in [1.165, 1.54) is 0 Å². The van der Waals surface area contributed by atoms with Crippen LogP contribution in [0.1, 0.15) is 11.4 Å². The third-order valence-corrected chi connectivity index (χ3v) is 3.36. The van der Waals surface area contributed by atoms with E-state index in [4.69, 9.17) is 0 Å². The number of benzene rings is 1. The highest BCUT2D eigenvalue weighted by atomic mass is 14.7. The molecule has 2 aromatic heterocycles. The zero-order valence-corrected chi connectivity index (χ0v) is 11.8. The van der Waals surface area contributed by atoms with Crippen LogP contribution in [0.2, 0.25) is 0 Å². The molecular weight excluding hydrogens is 256 g/mol. The van der Waals surface area contributed by atoms with E-state index >= 15 is 0 Å². The largest absolute Gasteiger partial charge is 0.252 e. The lowest BCUT2D eigenvalue weighted by atomic mass is 10.1. The molecule has 102 valence electrons. The molecule has 2 heteroatoms. The van der Waals surface area contributed by atoms with Gasteiger partial charge in [0.05, 0.1) is 10.9 Å². The normalized spacial score (nSPS) is 11.7. The molecule has 3 rings (SSSR count). The molecule has 0 aliphatic rings. The number of rotatable bonds is 3. The molecule has 21 heavy (non-hydrogen) atoms. The lowest BCUT2D eigenvalue weighted by Gasteiger charge is -2.03. The quantitative estimate of drug-likeness (QED) is 0.732. The molecule has 2 nitrogen and oxygen atoms in total. The van der Waals surface area contributed by atoms with Crippen molar-refractivity contribution >= 4 is 23.6 Å². The van der Waals surface area contributed by atoms with E-state index in [-0.39, 0.29) is 0 Å². The van der Waals surface area contributed by atoms with E-state index in [2.05, 4.69) is 41.3 Å². The number of allylic oxidation sites excluding steroid dienone is 1. The van der Waals surface area contributed by atoms with Crippen molar-refractivity contribution in [1.82, 2.24) is 9.97 Å². The van der Waals surface area contributed by atoms with Gasteiger partial charge in [0.15, 0.2) is 0 Å². The molecular formula is C19H16N2. The Balaban J connectivity index is 1.98. The second kappa shape index (κ2) is 5.71. The first kappa shape index (κ1) is 13.3. The number of hydrogen-bond donors (Lipinski definition) is 0. The van der Waals surface area contributed by atoms with Crippen molar-refractivity contribution in [3.8, 4) is 0 Å². The first-order valence-corrected chi connectivity index (χ1v) is 6.88. The molecule has 3 aromatic rings. The minimum absolute atomic E-state index is 0.711. The summed E-state index contributed by atoms with van der Waals surface area (Å²) in [6.45, 7) is 7.68. The molecule has 0 fully saturated rings. The van der Waals surface area contributed by atoms with Crippen LogP contribution in [0.25, 0.3) is 23.6 Å². The first-order valence-electron chi connectivity index (χ1n) is 6.88. The van der Waals surface area contributed by atoms with Gasteiger partial charge in [-0.3, -0.25) is 9.97 Å². The Morgan fingerprint density at radius 3 is 2.52 bits per heavy atom. The van der Waals surface area contributed by atoms with E-state index in [1.54, 1.807) is 6.08 Å². The van der Waals surface area contributed by atoms with Gasteiger partial charge in [-0.25, -0.2) is 0 Å². The summed E-state index contributed by atoms with van der Waals surface area (Å²) < 4.78 is 0. The highest BCUT2D eigenvalue weighted by Gasteiger charge is 2.01. The van der Waals surface area contributed by atoms with Gasteiger partial charge >= 0.3 is 0 Å². The van der Waals surface area contributed by atoms with Gasteiger partial charge in [-0.1, -0.05) is 49.6 Å². The van der Waals surface area contributed by atoms with E-state index in [1.807, 2.05) is 36.4 Å². The van der Waals surface area contributed by atoms with Crippen LogP contribution in [0, 0.1) is 0 Å². The van der Waals surface area contributed by atoms with E-state index in [0.29, 0.717) is 6.42 Å². The maximum atomic E-state index is 4.68. The van der Waals surface area contributed by atoms with Crippen LogP contribution in [0.3, 0.4) is 0 Å². The minimum atomic E-state index is 0.711. The second-order valence-corrected chi connectivity index (χ2v) is 4.92. The van der Waals surface area contributed by atoms with Gasteiger partial charge in [0.25, 0.3) is 0 Å². The van der Waals surface area contributed by atoms with Crippen molar-refractivity contribution < 1.29 is 0 Å². The first-order chi connectivity index (χ1) is 10.3. The molecule has 0 radical (unpaired) electrons. The number of hydrogen-bond acceptors (Lipinski definition) is 2. The molecule has 0 atom stereocenters. The van der Waals surface area contributed by atoms with Crippen LogP contribution in [0.15, 0.2) is 61.2 Å². The summed E-state index contributed by atoms with van der Waals surface area (Å²) in [7, 11) is 0. The molecule has 2 heterocycles. The Kier molecular flexibility index (Phi) is 3.61. The highest BCUT2D eigenvalue weighted by molar-refractivity contribution is 5.78. The third kappa shape index (κ3) is 2.90. The smallest absolute Gasteiger partial charge is 0.0705 e. The number of fused-ring (bicyclic) bond motifs is 1. The summed E-state index contributed by atoms with van der Waals surface area (Å²) in [6, 6.07) is 16.3. The SMILES string of the molecule is C=C/C=c1/nc(Cc2ccc3ccccc3n2)ccc1=C. The molecule has 0 saturated carbocycles. The van der Waals surface area contributed by atoms with E-state index < -0.39 is 0 Å². The van der Waals surface area contributed by atoms with Gasteiger partial charge in [0.1, 0.15) is 0 Å². The second-order valence-electron chi connectivity index (χ2n) is 4.92. The van der Waals surface area contributed by atoms with Gasteiger partial charge in [-0.15, -0.1) is 0 Å². The lowest BCUT2D eigenvalue weighted by molar-refractivity contribution is 1.00. The monoisotopic (exact) mass is 272 g/mol. The van der Waals surface area contributed by atoms with Gasteiger partial charge in [-0.2, -0.15) is 0 Å². The zero-order chi connectivity index (χ0) is 14.7. The Morgan fingerprint density at radius 2 is 1.67 bits per heavy atom. The highest BCUT2D eigenvalue weighted by Crippen LogP contribution is 2.13. The summed E-state index contributed by atoms with van der Waals surface area (Å²) >= 11 is 0. The Morgan fingerprint density at radius 1 is 0.905 bits per heavy atom. The summed E-state index contributed by atoms with van der Waals surface area (Å²) in [5.41, 5.74) is 3.02. The average Bonchev–Trinajstić information content (AvgIpc) is 2.51. The predicted molar refractivity (Wildman–Crippen MR) is 88.2 cm³/mol. The Hall–Kier alpha value is -2.74. The number of para-hydroxylation sites is 1. The number of aromatic nitrogens is 2. The van der Waals surface area contributed by atoms with Crippen LogP contribution >= 0.6 is 0 Å². The zero-order valence-electron chi connectivity index (χ0n) is 11.8. The molecule has 0 aliphatic heterocycles. The lowest BCUT2D eigenvalue weighted by Crippen LogP contribution is -2.27. The van der Waals surface area contributed by atoms with Crippen molar-refractivity contribution in [2.75, 3.05) is 0 Å². The molecule has 0 unspecified atom stereocenters. The van der Waals surface area contributed by atoms with Gasteiger partial charge in [0, 0.05) is 23.2 Å². The standard InChI is InChI=1S/C19H16N2/c1-3-6-18-14(2)9-11-16(20-18)13-17-12-10-15-7-4-5-8-19(15)21-17/h3-12H,1-2,13H2/b18-6+. The fraction of sp³-hybridized carbons (Fsp3) is 0.0526. The van der Waals surface area contributed by atoms with Crippen molar-refractivity contribution in [2.24, 2.45) is 0 Å². The fourth-order valence-electron chi connectivity index (χ4n) is 2.29. The minimum Gasteiger partial charge on any atom is -0.252 e. The van der Waals surface area contributed by atoms with E-state index in [9.17, 15) is 0 Å². The number of nitrogens with zero attached hydrogens (tertiary/aromatic N) is 2. The summed E-state index contributed by atoms with van der Waals surface area (Å²) in [4.78, 5) is 9.29. The summed E-state index contributed by atoms with van der Waals surface area (Å²) in [6.07, 6.45) is 4.32. The summed E-state index contributed by atoms with van der Waals surface area (Å²) in [5, 5.41) is 2.93. The Labute approximate surface area is 123 Å². The molecule has 0 amide bonds. The van der Waals surface area contributed by atoms with Crippen LogP contribution < -0.4 is 10.6 Å². The maximum absolute atomic E-state index is 4.68. The van der Waals surface area contributed by atoms with Crippen molar-refractivity contribution in [2.45, 2.75) is 6.42 Å². The topological polar surface area (TPSA) is 25.8 Å². The molecule has 0 bridgehead atoms. The fourth-order valence-corrected chi connectivity index (χ4v) is 2.29. The van der Waals surface area contributed by atoms with Crippen LogP contribution in [-0.4, -0.2) is 9.97 Å². The molecule has 0 saturated heterocycles. The van der Waals surface area contributed by atoms with Gasteiger partial charge in [-0.05, 0) is 29.5 Å². The molecule has 0 aliphatic carbocycles. The maximum Gasteiger partial charge on any atom is 0.0705 e. The van der Waals surface area contributed by atoms with Crippen LogP contribution in [-0.2, 0) is 6.42 Å². The predicted octanol–water partition coefficient (Wildman–Crippen LogP) is 2.60. The van der Waals surface area contributed by atoms with Gasteiger partial charge < -0.3 is 0 Å². The third-order valence-electron chi connectivity index (χ3n) is 3.36. The molecule has 1 aromatic carbocycles. The molecule has 0 N–H and O–H groups in total. The Bertz CT molecular complexity index is 910. The van der Waals surface area contributed by atoms with E-state index in [0.717, 1.165) is 32.9 Å². The van der Waals surface area contributed by atoms with Crippen molar-refractivity contribution in [3.05, 3.63) is 83.1 Å². The van der Waals surface area contributed by atoms with Crippen molar-refractivity contribution in [1.29, 1.82) is 0 Å². The summed E-state index contributed by atoms with van der Waals surface area (Å²) in [5.74, 6) is 0. The van der Waals surface area contributed by atoms with Crippen LogP contribution in [0.5, 0.6) is 0 Å². The van der Waals surface area contributed by atoms with Crippen molar-refractivity contribution in [3.63, 3.8) is 0 Å². The average molecular weight is 272 g/mol. The molecule has 0 spiro atoms. The van der Waals surface area contributed by atoms with Gasteiger partial charge in [0.2, 0.25) is 0 Å². The van der Waals surface area contributed by atoms with Crippen LogP contribution in [0.4, 0.5) is 0 Å².